The molecule has 2 N–H and O–H groups in total. The van der Waals surface area contributed by atoms with Crippen molar-refractivity contribution in [3.8, 4) is 5.75 Å². The van der Waals surface area contributed by atoms with E-state index in [2.05, 4.69) is 0 Å². The number of thioether (sulfide) groups is 1. The smallest absolute Gasteiger partial charge is 0.142 e. The Morgan fingerprint density at radius 3 is 3.15 bits per heavy atom. The van der Waals surface area contributed by atoms with Crippen molar-refractivity contribution in [2.45, 2.75) is 37.5 Å². The summed E-state index contributed by atoms with van der Waals surface area (Å²) in [6, 6.07) is 5.74. The lowest BCUT2D eigenvalue weighted by Gasteiger charge is -2.38. The number of benzene rings is 1. The van der Waals surface area contributed by atoms with Gasteiger partial charge >= 0.3 is 0 Å². The highest BCUT2D eigenvalue weighted by Gasteiger charge is 2.41. The Morgan fingerprint density at radius 1 is 1.50 bits per heavy atom. The lowest BCUT2D eigenvalue weighted by Crippen LogP contribution is -2.44. The van der Waals surface area contributed by atoms with Gasteiger partial charge in [0, 0.05) is 30.7 Å². The zero-order valence-electron chi connectivity index (χ0n) is 11.4. The highest BCUT2D eigenvalue weighted by Crippen LogP contribution is 2.40. The van der Waals surface area contributed by atoms with E-state index >= 15 is 0 Å². The first-order valence-corrected chi connectivity index (χ1v) is 8.61. The van der Waals surface area contributed by atoms with Gasteiger partial charge in [-0.3, -0.25) is 0 Å². The summed E-state index contributed by atoms with van der Waals surface area (Å²) in [7, 11) is 0. The molecule has 1 aromatic rings. The third-order valence-corrected chi connectivity index (χ3v) is 5.59. The van der Waals surface area contributed by atoms with Gasteiger partial charge in [0.25, 0.3) is 0 Å². The average Bonchev–Trinajstić information content (AvgIpc) is 2.89. The molecular formula is C15H20ClNO2S. The SMILES string of the molecule is NCc1cccc(Cl)c1OC1CCOC2(CCSC2)C1. The Bertz CT molecular complexity index is 477. The van der Waals surface area contributed by atoms with Crippen LogP contribution in [0.3, 0.4) is 0 Å². The average molecular weight is 314 g/mol. The minimum Gasteiger partial charge on any atom is -0.488 e. The van der Waals surface area contributed by atoms with E-state index in [0.29, 0.717) is 11.6 Å². The zero-order valence-corrected chi connectivity index (χ0v) is 13.0. The number of halogens is 1. The first-order valence-electron chi connectivity index (χ1n) is 7.08. The molecule has 5 heteroatoms. The van der Waals surface area contributed by atoms with E-state index in [1.807, 2.05) is 30.0 Å². The predicted octanol–water partition coefficient (Wildman–Crippen LogP) is 3.23. The fraction of sp³-hybridized carbons (Fsp3) is 0.600. The van der Waals surface area contributed by atoms with Crippen LogP contribution in [0.1, 0.15) is 24.8 Å². The Balaban J connectivity index is 1.74. The van der Waals surface area contributed by atoms with Gasteiger partial charge in [-0.05, 0) is 18.2 Å². The van der Waals surface area contributed by atoms with Gasteiger partial charge < -0.3 is 15.2 Å². The summed E-state index contributed by atoms with van der Waals surface area (Å²) in [6.45, 7) is 1.22. The van der Waals surface area contributed by atoms with Crippen LogP contribution in [0.4, 0.5) is 0 Å². The van der Waals surface area contributed by atoms with Crippen LogP contribution in [0.5, 0.6) is 5.75 Å². The van der Waals surface area contributed by atoms with Gasteiger partial charge in [0.15, 0.2) is 0 Å². The van der Waals surface area contributed by atoms with Crippen LogP contribution in [0, 0.1) is 0 Å². The molecule has 2 aliphatic rings. The molecule has 2 atom stereocenters. The molecule has 0 amide bonds. The van der Waals surface area contributed by atoms with Crippen LogP contribution >= 0.6 is 23.4 Å². The molecule has 0 aromatic heterocycles. The maximum absolute atomic E-state index is 6.26. The molecule has 2 fully saturated rings. The van der Waals surface area contributed by atoms with Crippen molar-refractivity contribution in [2.24, 2.45) is 5.73 Å². The topological polar surface area (TPSA) is 44.5 Å². The Morgan fingerprint density at radius 2 is 2.40 bits per heavy atom. The van der Waals surface area contributed by atoms with Crippen LogP contribution < -0.4 is 10.5 Å². The number of ether oxygens (including phenoxy) is 2. The standard InChI is InChI=1S/C15H20ClNO2S/c16-13-3-1-2-11(9-17)14(13)19-12-4-6-18-15(8-12)5-7-20-10-15/h1-3,12H,4-10,17H2. The largest absolute Gasteiger partial charge is 0.488 e. The summed E-state index contributed by atoms with van der Waals surface area (Å²) in [6.07, 6.45) is 3.17. The number of hydrogen-bond donors (Lipinski definition) is 1. The molecule has 0 bridgehead atoms. The molecule has 20 heavy (non-hydrogen) atoms. The second kappa shape index (κ2) is 6.14. The minimum absolute atomic E-state index is 0.0255. The van der Waals surface area contributed by atoms with E-state index in [9.17, 15) is 0 Å². The van der Waals surface area contributed by atoms with Crippen LogP contribution in [0.15, 0.2) is 18.2 Å². The monoisotopic (exact) mass is 313 g/mol. The number of nitrogens with two attached hydrogens (primary N) is 1. The molecular weight excluding hydrogens is 294 g/mol. The number of rotatable bonds is 3. The van der Waals surface area contributed by atoms with Crippen LogP contribution in [-0.4, -0.2) is 29.8 Å². The molecule has 2 heterocycles. The molecule has 0 saturated carbocycles. The van der Waals surface area contributed by atoms with E-state index in [0.717, 1.165) is 42.9 Å². The highest BCUT2D eigenvalue weighted by molar-refractivity contribution is 7.99. The van der Waals surface area contributed by atoms with Crippen LogP contribution in [-0.2, 0) is 11.3 Å². The summed E-state index contributed by atoms with van der Waals surface area (Å²) in [5.41, 5.74) is 6.77. The summed E-state index contributed by atoms with van der Waals surface area (Å²) in [4.78, 5) is 0. The maximum Gasteiger partial charge on any atom is 0.142 e. The third-order valence-electron chi connectivity index (χ3n) is 4.07. The quantitative estimate of drug-likeness (QED) is 0.930. The van der Waals surface area contributed by atoms with Gasteiger partial charge in [0.05, 0.1) is 17.2 Å². The van der Waals surface area contributed by atoms with E-state index in [1.54, 1.807) is 0 Å². The van der Waals surface area contributed by atoms with Crippen molar-refractivity contribution in [3.63, 3.8) is 0 Å². The van der Waals surface area contributed by atoms with Gasteiger partial charge in [-0.15, -0.1) is 0 Å². The zero-order chi connectivity index (χ0) is 14.0. The number of para-hydroxylation sites is 1. The molecule has 110 valence electrons. The molecule has 0 aliphatic carbocycles. The fourth-order valence-electron chi connectivity index (χ4n) is 2.96. The van der Waals surface area contributed by atoms with Crippen LogP contribution in [0.25, 0.3) is 0 Å². The molecule has 3 nitrogen and oxygen atoms in total. The molecule has 3 rings (SSSR count). The Labute approximate surface area is 129 Å². The Kier molecular flexibility index (Phi) is 4.46. The molecule has 2 unspecified atom stereocenters. The normalized spacial score (nSPS) is 29.8. The lowest BCUT2D eigenvalue weighted by atomic mass is 9.91. The first-order chi connectivity index (χ1) is 9.72. The van der Waals surface area contributed by atoms with Crippen molar-refractivity contribution in [2.75, 3.05) is 18.1 Å². The third kappa shape index (κ3) is 2.93. The Hall–Kier alpha value is -0.420. The second-order valence-corrected chi connectivity index (χ2v) is 7.01. The van der Waals surface area contributed by atoms with Crippen molar-refractivity contribution < 1.29 is 9.47 Å². The number of hydrogen-bond acceptors (Lipinski definition) is 4. The summed E-state index contributed by atoms with van der Waals surface area (Å²) in [5, 5.41) is 0.647. The van der Waals surface area contributed by atoms with Crippen molar-refractivity contribution in [1.82, 2.24) is 0 Å². The van der Waals surface area contributed by atoms with E-state index < -0.39 is 0 Å². The summed E-state index contributed by atoms with van der Waals surface area (Å²) < 4.78 is 12.2. The lowest BCUT2D eigenvalue weighted by molar-refractivity contribution is -0.0960. The highest BCUT2D eigenvalue weighted by atomic mass is 35.5. The van der Waals surface area contributed by atoms with Gasteiger partial charge in [-0.1, -0.05) is 23.7 Å². The predicted molar refractivity (Wildman–Crippen MR) is 83.6 cm³/mol. The van der Waals surface area contributed by atoms with Gasteiger partial charge in [0.2, 0.25) is 0 Å². The van der Waals surface area contributed by atoms with Crippen molar-refractivity contribution in [1.29, 1.82) is 0 Å². The van der Waals surface area contributed by atoms with Gasteiger partial charge in [0.1, 0.15) is 11.9 Å². The minimum atomic E-state index is 0.0255. The maximum atomic E-state index is 6.26. The van der Waals surface area contributed by atoms with Gasteiger partial charge in [-0.2, -0.15) is 11.8 Å². The van der Waals surface area contributed by atoms with E-state index in [1.165, 1.54) is 5.75 Å². The molecule has 1 aromatic carbocycles. The fourth-order valence-corrected chi connectivity index (χ4v) is 4.58. The van der Waals surface area contributed by atoms with Crippen LogP contribution in [0.2, 0.25) is 5.02 Å². The molecule has 0 radical (unpaired) electrons. The summed E-state index contributed by atoms with van der Waals surface area (Å²) in [5.74, 6) is 3.02. The van der Waals surface area contributed by atoms with Crippen molar-refractivity contribution >= 4 is 23.4 Å². The first kappa shape index (κ1) is 14.5. The summed E-state index contributed by atoms with van der Waals surface area (Å²) >= 11 is 8.23. The van der Waals surface area contributed by atoms with E-state index in [4.69, 9.17) is 26.8 Å². The molecule has 2 aliphatic heterocycles. The molecule has 2 saturated heterocycles. The second-order valence-electron chi connectivity index (χ2n) is 5.50. The van der Waals surface area contributed by atoms with Crippen molar-refractivity contribution in [3.05, 3.63) is 28.8 Å². The molecule has 1 spiro atoms. The van der Waals surface area contributed by atoms with Gasteiger partial charge in [-0.25, -0.2) is 0 Å². The van der Waals surface area contributed by atoms with E-state index in [-0.39, 0.29) is 11.7 Å².